The number of hydrogen-bond acceptors (Lipinski definition) is 2. The molecule has 0 saturated heterocycles. The van der Waals surface area contributed by atoms with Crippen LogP contribution >= 0.6 is 0 Å². The summed E-state index contributed by atoms with van der Waals surface area (Å²) in [5, 5.41) is 7.25. The van der Waals surface area contributed by atoms with E-state index in [4.69, 9.17) is 4.42 Å². The quantitative estimate of drug-likeness (QED) is 0.176. The normalized spacial score (nSPS) is 11.5. The molecule has 1 heterocycles. The largest absolute Gasteiger partial charge is 0.456 e. The van der Waals surface area contributed by atoms with E-state index in [1.54, 1.807) is 0 Å². The molecule has 0 fully saturated rings. The van der Waals surface area contributed by atoms with Gasteiger partial charge in [-0.1, -0.05) is 152 Å². The minimum atomic E-state index is 0.903. The summed E-state index contributed by atoms with van der Waals surface area (Å²) < 4.78 is 6.23. The van der Waals surface area contributed by atoms with Crippen LogP contribution in [0.15, 0.2) is 205 Å². The molecule has 52 heavy (non-hydrogen) atoms. The van der Waals surface area contributed by atoms with Gasteiger partial charge in [-0.25, -0.2) is 0 Å². The number of anilines is 3. The average Bonchev–Trinajstić information content (AvgIpc) is 3.60. The summed E-state index contributed by atoms with van der Waals surface area (Å²) in [5.41, 5.74) is 12.2. The lowest BCUT2D eigenvalue weighted by molar-refractivity contribution is 0.669. The zero-order valence-corrected chi connectivity index (χ0v) is 28.4. The van der Waals surface area contributed by atoms with Gasteiger partial charge in [-0.2, -0.15) is 0 Å². The van der Waals surface area contributed by atoms with Gasteiger partial charge in [-0.3, -0.25) is 0 Å². The molecule has 0 aliphatic carbocycles. The molecule has 2 heteroatoms. The Bertz CT molecular complexity index is 2890. The second-order valence-corrected chi connectivity index (χ2v) is 13.3. The summed E-state index contributed by atoms with van der Waals surface area (Å²) in [7, 11) is 0. The summed E-state index contributed by atoms with van der Waals surface area (Å²) in [6, 6.07) is 71.8. The maximum absolute atomic E-state index is 6.23. The van der Waals surface area contributed by atoms with Crippen LogP contribution in [0.25, 0.3) is 76.9 Å². The van der Waals surface area contributed by atoms with Crippen LogP contribution in [0.5, 0.6) is 0 Å². The van der Waals surface area contributed by atoms with Crippen molar-refractivity contribution in [1.29, 1.82) is 0 Å². The fourth-order valence-corrected chi connectivity index (χ4v) is 7.77. The van der Waals surface area contributed by atoms with E-state index in [1.165, 1.54) is 43.8 Å². The van der Waals surface area contributed by atoms with E-state index in [1.807, 2.05) is 12.1 Å². The minimum absolute atomic E-state index is 0.903. The molecule has 10 rings (SSSR count). The second-order valence-electron chi connectivity index (χ2n) is 13.3. The molecule has 0 saturated carbocycles. The van der Waals surface area contributed by atoms with Crippen LogP contribution < -0.4 is 4.90 Å². The van der Waals surface area contributed by atoms with Gasteiger partial charge in [-0.05, 0) is 97.9 Å². The second kappa shape index (κ2) is 12.5. The van der Waals surface area contributed by atoms with Gasteiger partial charge in [-0.15, -0.1) is 0 Å². The predicted molar refractivity (Wildman–Crippen MR) is 220 cm³/mol. The smallest absolute Gasteiger partial charge is 0.136 e. The maximum atomic E-state index is 6.23. The first kappa shape index (κ1) is 30.0. The summed E-state index contributed by atoms with van der Waals surface area (Å²) in [4.78, 5) is 2.38. The Kier molecular flexibility index (Phi) is 7.18. The Hall–Kier alpha value is -6.90. The molecule has 10 aromatic rings. The average molecular weight is 664 g/mol. The number of para-hydroxylation sites is 2. The summed E-state index contributed by atoms with van der Waals surface area (Å²) in [5.74, 6) is 0. The Morgan fingerprint density at radius 3 is 1.67 bits per heavy atom. The van der Waals surface area contributed by atoms with Crippen LogP contribution in [0.4, 0.5) is 17.1 Å². The SMILES string of the molecule is c1ccc(N(c2ccc(-c3cccc4ccccc34)cc2)c2ccc(-c3cccc4oc5ccccc5c34)cc2)c(-c2ccc3ccccc3c2)c1. The molecular formula is C50H33NO. The van der Waals surface area contributed by atoms with Crippen molar-refractivity contribution in [2.45, 2.75) is 0 Å². The summed E-state index contributed by atoms with van der Waals surface area (Å²) >= 11 is 0. The maximum Gasteiger partial charge on any atom is 0.136 e. The molecule has 0 spiro atoms. The van der Waals surface area contributed by atoms with E-state index >= 15 is 0 Å². The highest BCUT2D eigenvalue weighted by Crippen LogP contribution is 2.43. The van der Waals surface area contributed by atoms with E-state index < -0.39 is 0 Å². The topological polar surface area (TPSA) is 16.4 Å². The molecule has 244 valence electrons. The van der Waals surface area contributed by atoms with Crippen LogP contribution in [0, 0.1) is 0 Å². The Labute approximate surface area is 302 Å². The number of rotatable bonds is 6. The first-order chi connectivity index (χ1) is 25.8. The zero-order chi connectivity index (χ0) is 34.4. The number of nitrogens with zero attached hydrogens (tertiary/aromatic N) is 1. The first-order valence-electron chi connectivity index (χ1n) is 17.8. The Morgan fingerprint density at radius 2 is 0.865 bits per heavy atom. The fourth-order valence-electron chi connectivity index (χ4n) is 7.77. The van der Waals surface area contributed by atoms with E-state index in [9.17, 15) is 0 Å². The molecule has 0 atom stereocenters. The first-order valence-corrected chi connectivity index (χ1v) is 17.8. The third-order valence-corrected chi connectivity index (χ3v) is 10.3. The van der Waals surface area contributed by atoms with Crippen molar-refractivity contribution in [2.24, 2.45) is 0 Å². The van der Waals surface area contributed by atoms with Gasteiger partial charge in [0, 0.05) is 27.7 Å². The van der Waals surface area contributed by atoms with Gasteiger partial charge < -0.3 is 9.32 Å². The van der Waals surface area contributed by atoms with Gasteiger partial charge in [0.1, 0.15) is 11.2 Å². The molecule has 0 unspecified atom stereocenters. The standard InChI is InChI=1S/C50H33NO/c1-2-13-38-33-39(24-23-34(38)11-1)44-16-5-7-20-47(44)51(40-29-25-36(26-30-40)43-18-9-14-35-12-3-4-15-42(35)43)41-31-27-37(28-32-41)45-19-10-22-49-50(45)46-17-6-8-21-48(46)52-49/h1-33H. The number of benzene rings is 9. The van der Waals surface area contributed by atoms with Gasteiger partial charge >= 0.3 is 0 Å². The van der Waals surface area contributed by atoms with Crippen molar-refractivity contribution in [1.82, 2.24) is 0 Å². The minimum Gasteiger partial charge on any atom is -0.456 e. The van der Waals surface area contributed by atoms with E-state index in [0.29, 0.717) is 0 Å². The molecule has 0 aliphatic heterocycles. The van der Waals surface area contributed by atoms with Crippen molar-refractivity contribution in [3.63, 3.8) is 0 Å². The fraction of sp³-hybridized carbons (Fsp3) is 0. The van der Waals surface area contributed by atoms with Gasteiger partial charge in [0.2, 0.25) is 0 Å². The zero-order valence-electron chi connectivity index (χ0n) is 28.4. The highest BCUT2D eigenvalue weighted by atomic mass is 16.3. The molecule has 0 N–H and O–H groups in total. The molecule has 9 aromatic carbocycles. The third kappa shape index (κ3) is 5.12. The number of furan rings is 1. The molecule has 0 bridgehead atoms. The number of fused-ring (bicyclic) bond motifs is 5. The van der Waals surface area contributed by atoms with Crippen molar-refractivity contribution < 1.29 is 4.42 Å². The van der Waals surface area contributed by atoms with Gasteiger partial charge in [0.25, 0.3) is 0 Å². The lowest BCUT2D eigenvalue weighted by Crippen LogP contribution is -2.11. The highest BCUT2D eigenvalue weighted by molar-refractivity contribution is 6.12. The monoisotopic (exact) mass is 663 g/mol. The molecule has 0 amide bonds. The summed E-state index contributed by atoms with van der Waals surface area (Å²) in [6.07, 6.45) is 0. The van der Waals surface area contributed by atoms with Crippen molar-refractivity contribution in [2.75, 3.05) is 4.90 Å². The molecular weight excluding hydrogens is 631 g/mol. The van der Waals surface area contributed by atoms with Gasteiger partial charge in [0.15, 0.2) is 0 Å². The third-order valence-electron chi connectivity index (χ3n) is 10.3. The highest BCUT2D eigenvalue weighted by Gasteiger charge is 2.19. The van der Waals surface area contributed by atoms with Gasteiger partial charge in [0.05, 0.1) is 5.69 Å². The molecule has 0 aliphatic rings. The van der Waals surface area contributed by atoms with E-state index in [-0.39, 0.29) is 0 Å². The van der Waals surface area contributed by atoms with Crippen LogP contribution in [-0.2, 0) is 0 Å². The van der Waals surface area contributed by atoms with E-state index in [2.05, 4.69) is 193 Å². The Balaban J connectivity index is 1.12. The van der Waals surface area contributed by atoms with Crippen molar-refractivity contribution in [3.05, 3.63) is 200 Å². The van der Waals surface area contributed by atoms with Crippen molar-refractivity contribution >= 4 is 60.5 Å². The predicted octanol–water partition coefficient (Wildman–Crippen LogP) is 14.4. The number of hydrogen-bond donors (Lipinski definition) is 0. The molecule has 2 nitrogen and oxygen atoms in total. The van der Waals surface area contributed by atoms with Crippen LogP contribution in [-0.4, -0.2) is 0 Å². The van der Waals surface area contributed by atoms with E-state index in [0.717, 1.165) is 50.1 Å². The lowest BCUT2D eigenvalue weighted by atomic mass is 9.96. The van der Waals surface area contributed by atoms with Crippen LogP contribution in [0.3, 0.4) is 0 Å². The lowest BCUT2D eigenvalue weighted by Gasteiger charge is -2.28. The molecule has 1 aromatic heterocycles. The summed E-state index contributed by atoms with van der Waals surface area (Å²) in [6.45, 7) is 0. The van der Waals surface area contributed by atoms with Crippen LogP contribution in [0.2, 0.25) is 0 Å². The Morgan fingerprint density at radius 1 is 0.327 bits per heavy atom. The van der Waals surface area contributed by atoms with Crippen molar-refractivity contribution in [3.8, 4) is 33.4 Å². The molecule has 0 radical (unpaired) electrons. The van der Waals surface area contributed by atoms with Crippen LogP contribution in [0.1, 0.15) is 0 Å².